The highest BCUT2D eigenvalue weighted by Gasteiger charge is 2.31. The van der Waals surface area contributed by atoms with Crippen molar-refractivity contribution in [3.63, 3.8) is 0 Å². The van der Waals surface area contributed by atoms with Crippen molar-refractivity contribution >= 4 is 5.91 Å². The summed E-state index contributed by atoms with van der Waals surface area (Å²) in [5.41, 5.74) is 7.96. The van der Waals surface area contributed by atoms with E-state index in [9.17, 15) is 4.79 Å². The molecule has 6 heteroatoms. The molecule has 0 saturated carbocycles. The lowest BCUT2D eigenvalue weighted by Crippen LogP contribution is -2.48. The molecule has 2 aromatic rings. The minimum atomic E-state index is -0.343. The Morgan fingerprint density at radius 2 is 2.14 bits per heavy atom. The number of carbonyl (C=O) groups is 1. The topological polar surface area (TPSA) is 85.3 Å². The molecule has 0 radical (unpaired) electrons. The van der Waals surface area contributed by atoms with Crippen molar-refractivity contribution in [1.29, 1.82) is 0 Å². The molecule has 1 aromatic carbocycles. The van der Waals surface area contributed by atoms with Gasteiger partial charge in [-0.25, -0.2) is 0 Å². The molecule has 22 heavy (non-hydrogen) atoms. The van der Waals surface area contributed by atoms with Gasteiger partial charge in [0.25, 0.3) is 0 Å². The Balaban J connectivity index is 1.82. The number of fused-ring (bicyclic) bond motifs is 1. The maximum absolute atomic E-state index is 11.8. The standard InChI is InChI=1S/C16H20N4O2/c1-10(2)16-18-14(22-19-16)9-20-8-12-6-4-3-5-11(12)7-13(20)15(17)21/h3-6,10,13H,7-9H2,1-2H3,(H2,17,21)/t13-/m0/s1. The molecule has 2 heterocycles. The number of nitrogens with zero attached hydrogens (tertiary/aromatic N) is 3. The van der Waals surface area contributed by atoms with Gasteiger partial charge in [0.05, 0.1) is 12.6 Å². The predicted molar refractivity (Wildman–Crippen MR) is 80.8 cm³/mol. The van der Waals surface area contributed by atoms with Crippen LogP contribution in [-0.4, -0.2) is 27.0 Å². The Bertz CT molecular complexity index is 680. The molecule has 0 unspecified atom stereocenters. The third-order valence-corrected chi connectivity index (χ3v) is 4.01. The van der Waals surface area contributed by atoms with Crippen LogP contribution >= 0.6 is 0 Å². The van der Waals surface area contributed by atoms with Crippen molar-refractivity contribution in [3.8, 4) is 0 Å². The van der Waals surface area contributed by atoms with Gasteiger partial charge in [0.2, 0.25) is 11.8 Å². The van der Waals surface area contributed by atoms with Crippen LogP contribution in [0.4, 0.5) is 0 Å². The third-order valence-electron chi connectivity index (χ3n) is 4.01. The number of amides is 1. The SMILES string of the molecule is CC(C)c1noc(CN2Cc3ccccc3C[C@H]2C(N)=O)n1. The number of rotatable bonds is 4. The van der Waals surface area contributed by atoms with E-state index in [1.807, 2.05) is 36.9 Å². The number of aromatic nitrogens is 2. The van der Waals surface area contributed by atoms with E-state index >= 15 is 0 Å². The Morgan fingerprint density at radius 3 is 2.77 bits per heavy atom. The summed E-state index contributed by atoms with van der Waals surface area (Å²) >= 11 is 0. The summed E-state index contributed by atoms with van der Waals surface area (Å²) in [6, 6.07) is 7.77. The fourth-order valence-electron chi connectivity index (χ4n) is 2.76. The highest BCUT2D eigenvalue weighted by Crippen LogP contribution is 2.24. The minimum Gasteiger partial charge on any atom is -0.368 e. The number of nitrogens with two attached hydrogens (primary N) is 1. The molecule has 3 rings (SSSR count). The molecule has 1 aliphatic rings. The molecule has 0 spiro atoms. The zero-order chi connectivity index (χ0) is 15.7. The van der Waals surface area contributed by atoms with Gasteiger partial charge in [-0.1, -0.05) is 43.3 Å². The lowest BCUT2D eigenvalue weighted by molar-refractivity contribution is -0.124. The average molecular weight is 300 g/mol. The van der Waals surface area contributed by atoms with Crippen molar-refractivity contribution in [3.05, 3.63) is 47.1 Å². The van der Waals surface area contributed by atoms with Crippen LogP contribution < -0.4 is 5.73 Å². The average Bonchev–Trinajstić information content (AvgIpc) is 2.95. The van der Waals surface area contributed by atoms with Gasteiger partial charge in [0, 0.05) is 12.5 Å². The van der Waals surface area contributed by atoms with Crippen LogP contribution in [0.25, 0.3) is 0 Å². The predicted octanol–water partition coefficient (Wildman–Crippen LogP) is 1.61. The van der Waals surface area contributed by atoms with Crippen molar-refractivity contribution in [2.45, 2.75) is 45.3 Å². The summed E-state index contributed by atoms with van der Waals surface area (Å²) in [7, 11) is 0. The molecular formula is C16H20N4O2. The van der Waals surface area contributed by atoms with Gasteiger partial charge < -0.3 is 10.3 Å². The molecule has 1 amide bonds. The second-order valence-electron chi connectivity index (χ2n) is 6.00. The number of carbonyl (C=O) groups excluding carboxylic acids is 1. The van der Waals surface area contributed by atoms with Crippen LogP contribution in [0.3, 0.4) is 0 Å². The molecule has 2 N–H and O–H groups in total. The third kappa shape index (κ3) is 2.87. The number of hydrogen-bond acceptors (Lipinski definition) is 5. The molecule has 1 atom stereocenters. The first-order valence-electron chi connectivity index (χ1n) is 7.47. The monoisotopic (exact) mass is 300 g/mol. The highest BCUT2D eigenvalue weighted by atomic mass is 16.5. The first kappa shape index (κ1) is 14.7. The van der Waals surface area contributed by atoms with Gasteiger partial charge in [-0.2, -0.15) is 4.98 Å². The van der Waals surface area contributed by atoms with Gasteiger partial charge in [-0.15, -0.1) is 0 Å². The maximum atomic E-state index is 11.8. The maximum Gasteiger partial charge on any atom is 0.240 e. The zero-order valence-corrected chi connectivity index (χ0v) is 12.8. The molecular weight excluding hydrogens is 280 g/mol. The largest absolute Gasteiger partial charge is 0.368 e. The summed E-state index contributed by atoms with van der Waals surface area (Å²) in [6.45, 7) is 5.11. The Morgan fingerprint density at radius 1 is 1.41 bits per heavy atom. The van der Waals surface area contributed by atoms with Crippen LogP contribution in [0.2, 0.25) is 0 Å². The fourth-order valence-corrected chi connectivity index (χ4v) is 2.76. The first-order chi connectivity index (χ1) is 10.5. The minimum absolute atomic E-state index is 0.214. The molecule has 0 fully saturated rings. The van der Waals surface area contributed by atoms with Crippen molar-refractivity contribution in [1.82, 2.24) is 15.0 Å². The van der Waals surface area contributed by atoms with Gasteiger partial charge >= 0.3 is 0 Å². The molecule has 1 aromatic heterocycles. The fraction of sp³-hybridized carbons (Fsp3) is 0.438. The first-order valence-corrected chi connectivity index (χ1v) is 7.47. The van der Waals surface area contributed by atoms with E-state index in [1.54, 1.807) is 0 Å². The van der Waals surface area contributed by atoms with E-state index in [2.05, 4.69) is 16.2 Å². The lowest BCUT2D eigenvalue weighted by Gasteiger charge is -2.33. The van der Waals surface area contributed by atoms with Crippen LogP contribution in [-0.2, 0) is 24.3 Å². The van der Waals surface area contributed by atoms with E-state index in [1.165, 1.54) is 11.1 Å². The molecule has 116 valence electrons. The molecule has 0 aliphatic carbocycles. The summed E-state index contributed by atoms with van der Waals surface area (Å²) in [4.78, 5) is 18.2. The Labute approximate surface area is 129 Å². The smallest absolute Gasteiger partial charge is 0.240 e. The zero-order valence-electron chi connectivity index (χ0n) is 12.8. The second kappa shape index (κ2) is 5.88. The number of benzene rings is 1. The van der Waals surface area contributed by atoms with E-state index in [-0.39, 0.29) is 17.9 Å². The molecule has 0 saturated heterocycles. The number of primary amides is 1. The van der Waals surface area contributed by atoms with Crippen molar-refractivity contribution in [2.24, 2.45) is 5.73 Å². The van der Waals surface area contributed by atoms with Gasteiger partial charge in [-0.05, 0) is 17.5 Å². The summed E-state index contributed by atoms with van der Waals surface area (Å²) in [6.07, 6.45) is 0.622. The van der Waals surface area contributed by atoms with Gasteiger partial charge in [0.15, 0.2) is 5.82 Å². The van der Waals surface area contributed by atoms with Crippen LogP contribution in [0.15, 0.2) is 28.8 Å². The van der Waals surface area contributed by atoms with Crippen LogP contribution in [0.1, 0.15) is 42.6 Å². The van der Waals surface area contributed by atoms with E-state index in [0.717, 1.165) is 0 Å². The van der Waals surface area contributed by atoms with Crippen LogP contribution in [0, 0.1) is 0 Å². The number of hydrogen-bond donors (Lipinski definition) is 1. The molecule has 0 bridgehead atoms. The summed E-state index contributed by atoms with van der Waals surface area (Å²) in [5.74, 6) is 1.10. The molecule has 1 aliphatic heterocycles. The van der Waals surface area contributed by atoms with E-state index in [4.69, 9.17) is 10.3 Å². The Kier molecular flexibility index (Phi) is 3.94. The van der Waals surface area contributed by atoms with Crippen molar-refractivity contribution < 1.29 is 9.32 Å². The lowest BCUT2D eigenvalue weighted by atomic mass is 9.93. The second-order valence-corrected chi connectivity index (χ2v) is 6.00. The van der Waals surface area contributed by atoms with E-state index < -0.39 is 0 Å². The normalized spacial score (nSPS) is 18.4. The van der Waals surface area contributed by atoms with Gasteiger partial charge in [-0.3, -0.25) is 9.69 Å². The van der Waals surface area contributed by atoms with Gasteiger partial charge in [0.1, 0.15) is 0 Å². The quantitative estimate of drug-likeness (QED) is 0.927. The summed E-state index contributed by atoms with van der Waals surface area (Å²) in [5, 5.41) is 3.97. The Hall–Kier alpha value is -2.21. The van der Waals surface area contributed by atoms with E-state index in [0.29, 0.717) is 31.2 Å². The summed E-state index contributed by atoms with van der Waals surface area (Å²) < 4.78 is 5.29. The highest BCUT2D eigenvalue weighted by molar-refractivity contribution is 5.80. The molecule has 6 nitrogen and oxygen atoms in total. The van der Waals surface area contributed by atoms with Crippen LogP contribution in [0.5, 0.6) is 0 Å². The van der Waals surface area contributed by atoms with Crippen molar-refractivity contribution in [2.75, 3.05) is 0 Å².